The van der Waals surface area contributed by atoms with E-state index >= 15 is 0 Å². The van der Waals surface area contributed by atoms with Crippen molar-refractivity contribution < 1.29 is 19.4 Å². The Hall–Kier alpha value is -0.650. The third kappa shape index (κ3) is 8.35. The Balaban J connectivity index is 3.55. The number of methoxy groups -OCH3 is 1. The van der Waals surface area contributed by atoms with Gasteiger partial charge in [-0.3, -0.25) is 4.79 Å². The van der Waals surface area contributed by atoms with Gasteiger partial charge >= 0.3 is 5.97 Å². The van der Waals surface area contributed by atoms with Crippen LogP contribution in [0.15, 0.2) is 0 Å². The second-order valence-electron chi connectivity index (χ2n) is 3.17. The van der Waals surface area contributed by atoms with Crippen molar-refractivity contribution >= 4 is 5.97 Å². The first-order valence-corrected chi connectivity index (χ1v) is 5.23. The molecule has 0 aromatic heterocycles. The van der Waals surface area contributed by atoms with Crippen molar-refractivity contribution in [3.8, 4) is 0 Å². The summed E-state index contributed by atoms with van der Waals surface area (Å²) in [5.41, 5.74) is 0. The molecule has 0 rings (SSSR count). The third-order valence-electron chi connectivity index (χ3n) is 1.91. The van der Waals surface area contributed by atoms with Gasteiger partial charge in [0.25, 0.3) is 0 Å². The third-order valence-corrected chi connectivity index (χ3v) is 1.91. The fraction of sp³-hybridized carbons (Fsp3) is 0.900. The zero-order valence-electron chi connectivity index (χ0n) is 9.49. The highest BCUT2D eigenvalue weighted by Crippen LogP contribution is 1.93. The molecule has 0 bridgehead atoms. The van der Waals surface area contributed by atoms with E-state index in [4.69, 9.17) is 14.6 Å². The van der Waals surface area contributed by atoms with Crippen LogP contribution < -0.4 is 5.32 Å². The molecule has 0 saturated carbocycles. The highest BCUT2D eigenvalue weighted by atomic mass is 16.5. The molecule has 0 saturated heterocycles. The SMILES string of the molecule is CCOC(=O)CCNC(CCO)COC. The Morgan fingerprint density at radius 3 is 2.80 bits per heavy atom. The lowest BCUT2D eigenvalue weighted by molar-refractivity contribution is -0.143. The molecule has 15 heavy (non-hydrogen) atoms. The van der Waals surface area contributed by atoms with E-state index in [1.54, 1.807) is 14.0 Å². The van der Waals surface area contributed by atoms with Crippen molar-refractivity contribution in [2.75, 3.05) is 33.5 Å². The molecule has 5 nitrogen and oxygen atoms in total. The Bertz CT molecular complexity index is 158. The maximum Gasteiger partial charge on any atom is 0.307 e. The van der Waals surface area contributed by atoms with Gasteiger partial charge in [0.05, 0.1) is 19.6 Å². The second-order valence-corrected chi connectivity index (χ2v) is 3.17. The zero-order chi connectivity index (χ0) is 11.5. The number of hydrogen-bond acceptors (Lipinski definition) is 5. The van der Waals surface area contributed by atoms with Gasteiger partial charge in [-0.1, -0.05) is 0 Å². The second kappa shape index (κ2) is 9.89. The molecule has 0 aliphatic heterocycles. The number of aliphatic hydroxyl groups excluding tert-OH is 1. The summed E-state index contributed by atoms with van der Waals surface area (Å²) in [6.45, 7) is 3.39. The molecule has 0 aromatic rings. The van der Waals surface area contributed by atoms with Crippen molar-refractivity contribution in [1.82, 2.24) is 5.32 Å². The Morgan fingerprint density at radius 2 is 2.27 bits per heavy atom. The van der Waals surface area contributed by atoms with Crippen LogP contribution in [0.4, 0.5) is 0 Å². The van der Waals surface area contributed by atoms with E-state index in [0.29, 0.717) is 32.6 Å². The van der Waals surface area contributed by atoms with Gasteiger partial charge in [-0.15, -0.1) is 0 Å². The van der Waals surface area contributed by atoms with Gasteiger partial charge in [0.1, 0.15) is 0 Å². The lowest BCUT2D eigenvalue weighted by Crippen LogP contribution is -2.35. The summed E-state index contributed by atoms with van der Waals surface area (Å²) in [6, 6.07) is 0.0921. The molecular weight excluding hydrogens is 198 g/mol. The first-order valence-electron chi connectivity index (χ1n) is 5.23. The van der Waals surface area contributed by atoms with E-state index in [1.807, 2.05) is 0 Å². The minimum Gasteiger partial charge on any atom is -0.466 e. The maximum absolute atomic E-state index is 11.0. The van der Waals surface area contributed by atoms with E-state index in [1.165, 1.54) is 0 Å². The molecule has 0 aliphatic carbocycles. The first-order chi connectivity index (χ1) is 7.24. The lowest BCUT2D eigenvalue weighted by atomic mass is 10.2. The van der Waals surface area contributed by atoms with Crippen molar-refractivity contribution in [2.45, 2.75) is 25.8 Å². The molecular formula is C10H21NO4. The van der Waals surface area contributed by atoms with Crippen molar-refractivity contribution in [1.29, 1.82) is 0 Å². The summed E-state index contributed by atoms with van der Waals surface area (Å²) in [7, 11) is 1.61. The van der Waals surface area contributed by atoms with Crippen LogP contribution >= 0.6 is 0 Å². The highest BCUT2D eigenvalue weighted by Gasteiger charge is 2.08. The lowest BCUT2D eigenvalue weighted by Gasteiger charge is -2.16. The number of carbonyl (C=O) groups is 1. The largest absolute Gasteiger partial charge is 0.466 e. The van der Waals surface area contributed by atoms with Gasteiger partial charge in [0.2, 0.25) is 0 Å². The van der Waals surface area contributed by atoms with Gasteiger partial charge in [-0.2, -0.15) is 0 Å². The molecule has 0 radical (unpaired) electrons. The van der Waals surface area contributed by atoms with Crippen LogP contribution in [0.25, 0.3) is 0 Å². The molecule has 0 amide bonds. The van der Waals surface area contributed by atoms with E-state index in [2.05, 4.69) is 5.32 Å². The molecule has 0 aliphatic rings. The molecule has 5 heteroatoms. The number of hydrogen-bond donors (Lipinski definition) is 2. The standard InChI is InChI=1S/C10H21NO4/c1-3-15-10(13)4-6-11-9(5-7-12)8-14-2/h9,11-12H,3-8H2,1-2H3. The fourth-order valence-electron chi connectivity index (χ4n) is 1.21. The van der Waals surface area contributed by atoms with Crippen molar-refractivity contribution in [3.63, 3.8) is 0 Å². The van der Waals surface area contributed by atoms with Gasteiger partial charge in [0.15, 0.2) is 0 Å². The first kappa shape index (κ1) is 14.3. The summed E-state index contributed by atoms with van der Waals surface area (Å²) in [6.07, 6.45) is 0.968. The Kier molecular flexibility index (Phi) is 9.46. The monoisotopic (exact) mass is 219 g/mol. The van der Waals surface area contributed by atoms with Gasteiger partial charge in [-0.25, -0.2) is 0 Å². The number of nitrogens with one attached hydrogen (secondary N) is 1. The van der Waals surface area contributed by atoms with Crippen LogP contribution in [0.5, 0.6) is 0 Å². The summed E-state index contributed by atoms with van der Waals surface area (Å²) >= 11 is 0. The van der Waals surface area contributed by atoms with E-state index < -0.39 is 0 Å². The average Bonchev–Trinajstić information content (AvgIpc) is 2.19. The van der Waals surface area contributed by atoms with Crippen molar-refractivity contribution in [2.24, 2.45) is 0 Å². The predicted molar refractivity (Wildman–Crippen MR) is 56.6 cm³/mol. The van der Waals surface area contributed by atoms with Crippen LogP contribution in [0, 0.1) is 0 Å². The van der Waals surface area contributed by atoms with Crippen LogP contribution in [-0.2, 0) is 14.3 Å². The number of ether oxygens (including phenoxy) is 2. The van der Waals surface area contributed by atoms with Crippen LogP contribution in [0.2, 0.25) is 0 Å². The molecule has 0 heterocycles. The zero-order valence-corrected chi connectivity index (χ0v) is 9.49. The molecule has 1 atom stereocenters. The minimum absolute atomic E-state index is 0.0921. The molecule has 0 fully saturated rings. The predicted octanol–water partition coefficient (Wildman–Crippen LogP) is -0.0734. The quantitative estimate of drug-likeness (QED) is 0.531. The fourth-order valence-corrected chi connectivity index (χ4v) is 1.21. The van der Waals surface area contributed by atoms with E-state index in [0.717, 1.165) is 0 Å². The van der Waals surface area contributed by atoms with Gasteiger partial charge in [-0.05, 0) is 13.3 Å². The van der Waals surface area contributed by atoms with Crippen molar-refractivity contribution in [3.05, 3.63) is 0 Å². The number of carbonyl (C=O) groups excluding carboxylic acids is 1. The summed E-state index contributed by atoms with van der Waals surface area (Å²) in [5.74, 6) is -0.204. The summed E-state index contributed by atoms with van der Waals surface area (Å²) in [5, 5.41) is 11.9. The van der Waals surface area contributed by atoms with Crippen LogP contribution in [-0.4, -0.2) is 50.6 Å². The van der Waals surface area contributed by atoms with E-state index in [9.17, 15) is 4.79 Å². The number of aliphatic hydroxyl groups is 1. The molecule has 0 aromatic carbocycles. The molecule has 0 spiro atoms. The Labute approximate surface area is 90.8 Å². The van der Waals surface area contributed by atoms with Gasteiger partial charge in [0, 0.05) is 26.3 Å². The average molecular weight is 219 g/mol. The molecule has 90 valence electrons. The minimum atomic E-state index is -0.204. The topological polar surface area (TPSA) is 67.8 Å². The van der Waals surface area contributed by atoms with Crippen LogP contribution in [0.3, 0.4) is 0 Å². The summed E-state index contributed by atoms with van der Waals surface area (Å²) < 4.78 is 9.76. The number of esters is 1. The number of rotatable bonds is 9. The molecule has 2 N–H and O–H groups in total. The smallest absolute Gasteiger partial charge is 0.307 e. The Morgan fingerprint density at radius 1 is 1.53 bits per heavy atom. The molecule has 1 unspecified atom stereocenters. The van der Waals surface area contributed by atoms with E-state index in [-0.39, 0.29) is 18.6 Å². The van der Waals surface area contributed by atoms with Gasteiger partial charge < -0.3 is 19.9 Å². The summed E-state index contributed by atoms with van der Waals surface area (Å²) in [4.78, 5) is 11.0. The maximum atomic E-state index is 11.0. The highest BCUT2D eigenvalue weighted by molar-refractivity contribution is 5.69. The normalized spacial score (nSPS) is 12.5. The van der Waals surface area contributed by atoms with Crippen LogP contribution in [0.1, 0.15) is 19.8 Å².